The number of Topliss-reactive ketones (excluding diaryl/α,β-unsaturated/α-hetero) is 1. The van der Waals surface area contributed by atoms with Gasteiger partial charge in [0.25, 0.3) is 0 Å². The highest BCUT2D eigenvalue weighted by atomic mass is 35.5. The highest BCUT2D eigenvalue weighted by Crippen LogP contribution is 2.36. The number of aromatic nitrogens is 1. The van der Waals surface area contributed by atoms with Gasteiger partial charge in [-0.25, -0.2) is 8.78 Å². The summed E-state index contributed by atoms with van der Waals surface area (Å²) in [6, 6.07) is 1.69. The smallest absolute Gasteiger partial charge is 0.248 e. The molecule has 18 heavy (non-hydrogen) atoms. The van der Waals surface area contributed by atoms with Crippen LogP contribution in [-0.4, -0.2) is 16.7 Å². The Bertz CT molecular complexity index is 440. The van der Waals surface area contributed by atoms with Crippen molar-refractivity contribution in [2.45, 2.75) is 38.0 Å². The number of alkyl halides is 2. The van der Waals surface area contributed by atoms with Gasteiger partial charge in [-0.15, -0.1) is 0 Å². The van der Waals surface area contributed by atoms with Crippen molar-refractivity contribution in [2.24, 2.45) is 5.92 Å². The predicted molar refractivity (Wildman–Crippen MR) is 64.9 cm³/mol. The molecule has 0 atom stereocenters. The standard InChI is InChI=1S/C13H14ClF2NO/c14-11-8-17-6-3-10(11)7-12(18)9-1-4-13(15,16)5-2-9/h3,6,8-9H,1-2,4-5,7H2. The zero-order valence-electron chi connectivity index (χ0n) is 9.83. The minimum absolute atomic E-state index is 0.00130. The molecule has 1 fully saturated rings. The van der Waals surface area contributed by atoms with E-state index < -0.39 is 5.92 Å². The molecule has 1 aliphatic rings. The lowest BCUT2D eigenvalue weighted by Crippen LogP contribution is -2.29. The number of carbonyl (C=O) groups is 1. The summed E-state index contributed by atoms with van der Waals surface area (Å²) in [6.45, 7) is 0. The largest absolute Gasteiger partial charge is 0.299 e. The molecule has 0 unspecified atom stereocenters. The van der Waals surface area contributed by atoms with E-state index in [1.807, 2.05) is 0 Å². The number of hydrogen-bond donors (Lipinski definition) is 0. The summed E-state index contributed by atoms with van der Waals surface area (Å²) in [5, 5.41) is 0.451. The maximum absolute atomic E-state index is 13.0. The molecule has 1 saturated carbocycles. The van der Waals surface area contributed by atoms with Gasteiger partial charge >= 0.3 is 0 Å². The fourth-order valence-electron chi connectivity index (χ4n) is 2.24. The SMILES string of the molecule is O=C(Cc1ccncc1Cl)C1CCC(F)(F)CC1. The monoisotopic (exact) mass is 273 g/mol. The van der Waals surface area contributed by atoms with Crippen molar-refractivity contribution in [3.05, 3.63) is 29.0 Å². The second kappa shape index (κ2) is 5.31. The minimum atomic E-state index is -2.59. The summed E-state index contributed by atoms with van der Waals surface area (Å²) < 4.78 is 26.0. The number of halogens is 3. The summed E-state index contributed by atoms with van der Waals surface area (Å²) in [4.78, 5) is 15.8. The normalized spacial score (nSPS) is 19.7. The second-order valence-electron chi connectivity index (χ2n) is 4.74. The third-order valence-electron chi connectivity index (χ3n) is 3.39. The predicted octanol–water partition coefficient (Wildman–Crippen LogP) is 3.67. The summed E-state index contributed by atoms with van der Waals surface area (Å²) in [5.41, 5.74) is 0.717. The van der Waals surface area contributed by atoms with E-state index in [1.54, 1.807) is 12.3 Å². The number of carbonyl (C=O) groups excluding carboxylic acids is 1. The maximum Gasteiger partial charge on any atom is 0.248 e. The first kappa shape index (κ1) is 13.4. The lowest BCUT2D eigenvalue weighted by molar-refractivity contribution is -0.126. The Balaban J connectivity index is 1.95. The van der Waals surface area contributed by atoms with Gasteiger partial charge in [-0.05, 0) is 24.5 Å². The van der Waals surface area contributed by atoms with Crippen LogP contribution in [-0.2, 0) is 11.2 Å². The number of nitrogens with zero attached hydrogens (tertiary/aromatic N) is 1. The Hall–Kier alpha value is -1.03. The van der Waals surface area contributed by atoms with Crippen molar-refractivity contribution >= 4 is 17.4 Å². The van der Waals surface area contributed by atoms with Crippen molar-refractivity contribution in [3.8, 4) is 0 Å². The van der Waals surface area contributed by atoms with Crippen LogP contribution in [0.2, 0.25) is 5.02 Å². The zero-order valence-corrected chi connectivity index (χ0v) is 10.6. The Morgan fingerprint density at radius 1 is 1.44 bits per heavy atom. The molecule has 5 heteroatoms. The highest BCUT2D eigenvalue weighted by molar-refractivity contribution is 6.31. The van der Waals surface area contributed by atoms with Crippen molar-refractivity contribution in [3.63, 3.8) is 0 Å². The Morgan fingerprint density at radius 2 is 2.11 bits per heavy atom. The fourth-order valence-corrected chi connectivity index (χ4v) is 2.43. The van der Waals surface area contributed by atoms with Gasteiger partial charge in [0, 0.05) is 37.6 Å². The fraction of sp³-hybridized carbons (Fsp3) is 0.538. The van der Waals surface area contributed by atoms with Crippen LogP contribution >= 0.6 is 11.6 Å². The van der Waals surface area contributed by atoms with Crippen LogP contribution in [0.15, 0.2) is 18.5 Å². The topological polar surface area (TPSA) is 30.0 Å². The van der Waals surface area contributed by atoms with Gasteiger partial charge in [0.15, 0.2) is 0 Å². The van der Waals surface area contributed by atoms with Crippen molar-refractivity contribution in [1.82, 2.24) is 4.98 Å². The molecule has 0 spiro atoms. The number of pyridine rings is 1. The molecule has 1 aromatic rings. The van der Waals surface area contributed by atoms with Gasteiger partial charge in [-0.1, -0.05) is 11.6 Å². The van der Waals surface area contributed by atoms with Crippen LogP contribution in [0.1, 0.15) is 31.2 Å². The molecule has 98 valence electrons. The van der Waals surface area contributed by atoms with Crippen molar-refractivity contribution in [1.29, 1.82) is 0 Å². The molecule has 0 saturated heterocycles. The lowest BCUT2D eigenvalue weighted by Gasteiger charge is -2.27. The Kier molecular flexibility index (Phi) is 3.95. The maximum atomic E-state index is 13.0. The minimum Gasteiger partial charge on any atom is -0.299 e. The first-order valence-electron chi connectivity index (χ1n) is 5.97. The quantitative estimate of drug-likeness (QED) is 0.841. The van der Waals surface area contributed by atoms with E-state index in [-0.39, 0.29) is 43.8 Å². The molecule has 0 radical (unpaired) electrons. The molecule has 0 N–H and O–H groups in total. The van der Waals surface area contributed by atoms with Crippen LogP contribution in [0.4, 0.5) is 8.78 Å². The molecule has 1 aromatic heterocycles. The van der Waals surface area contributed by atoms with Gasteiger partial charge in [0.05, 0.1) is 5.02 Å². The highest BCUT2D eigenvalue weighted by Gasteiger charge is 2.37. The summed E-state index contributed by atoms with van der Waals surface area (Å²) >= 11 is 5.92. The van der Waals surface area contributed by atoms with Crippen LogP contribution in [0.3, 0.4) is 0 Å². The molecule has 0 aromatic carbocycles. The molecule has 2 nitrogen and oxygen atoms in total. The van der Waals surface area contributed by atoms with Crippen LogP contribution in [0.5, 0.6) is 0 Å². The average Bonchev–Trinajstić information content (AvgIpc) is 2.32. The van der Waals surface area contributed by atoms with Gasteiger partial charge in [-0.2, -0.15) is 0 Å². The molecule has 0 bridgehead atoms. The molecule has 2 rings (SSSR count). The van der Waals surface area contributed by atoms with Gasteiger partial charge in [0.1, 0.15) is 5.78 Å². The van der Waals surface area contributed by atoms with Gasteiger partial charge in [-0.3, -0.25) is 9.78 Å². The first-order valence-corrected chi connectivity index (χ1v) is 6.35. The van der Waals surface area contributed by atoms with Crippen molar-refractivity contribution < 1.29 is 13.6 Å². The number of rotatable bonds is 3. The zero-order chi connectivity index (χ0) is 13.2. The first-order chi connectivity index (χ1) is 8.48. The third-order valence-corrected chi connectivity index (χ3v) is 3.73. The second-order valence-corrected chi connectivity index (χ2v) is 5.15. The lowest BCUT2D eigenvalue weighted by atomic mass is 9.82. The molecule has 1 heterocycles. The van der Waals surface area contributed by atoms with E-state index in [0.29, 0.717) is 10.6 Å². The van der Waals surface area contributed by atoms with E-state index in [0.717, 1.165) is 0 Å². The van der Waals surface area contributed by atoms with E-state index in [1.165, 1.54) is 6.20 Å². The molecular weight excluding hydrogens is 260 g/mol. The number of ketones is 1. The summed E-state index contributed by atoms with van der Waals surface area (Å²) in [7, 11) is 0. The van der Waals surface area contributed by atoms with E-state index in [9.17, 15) is 13.6 Å². The molecule has 0 aliphatic heterocycles. The van der Waals surface area contributed by atoms with E-state index in [4.69, 9.17) is 11.6 Å². The van der Waals surface area contributed by atoms with E-state index in [2.05, 4.69) is 4.98 Å². The molecule has 0 amide bonds. The van der Waals surface area contributed by atoms with Crippen LogP contribution < -0.4 is 0 Å². The van der Waals surface area contributed by atoms with Gasteiger partial charge < -0.3 is 0 Å². The summed E-state index contributed by atoms with van der Waals surface area (Å²) in [5.74, 6) is -2.85. The van der Waals surface area contributed by atoms with Crippen LogP contribution in [0.25, 0.3) is 0 Å². The summed E-state index contributed by atoms with van der Waals surface area (Å²) in [6.07, 6.45) is 3.43. The van der Waals surface area contributed by atoms with E-state index >= 15 is 0 Å². The Labute approximate surface area is 109 Å². The Morgan fingerprint density at radius 3 is 2.72 bits per heavy atom. The van der Waals surface area contributed by atoms with Crippen LogP contribution in [0, 0.1) is 5.92 Å². The third kappa shape index (κ3) is 3.25. The van der Waals surface area contributed by atoms with Crippen molar-refractivity contribution in [2.75, 3.05) is 0 Å². The average molecular weight is 274 g/mol. The molecular formula is C13H14ClF2NO. The number of hydrogen-bond acceptors (Lipinski definition) is 2. The van der Waals surface area contributed by atoms with Gasteiger partial charge in [0.2, 0.25) is 5.92 Å². The molecule has 1 aliphatic carbocycles.